The van der Waals surface area contributed by atoms with Crippen LogP contribution in [0.15, 0.2) is 18.7 Å². The van der Waals surface area contributed by atoms with Crippen LogP contribution in [0.25, 0.3) is 0 Å². The summed E-state index contributed by atoms with van der Waals surface area (Å²) in [5.41, 5.74) is 0. The van der Waals surface area contributed by atoms with Gasteiger partial charge in [0.05, 0.1) is 12.7 Å². The first-order valence-corrected chi connectivity index (χ1v) is 6.20. The predicted molar refractivity (Wildman–Crippen MR) is 66.8 cm³/mol. The van der Waals surface area contributed by atoms with Crippen molar-refractivity contribution < 1.29 is 0 Å². The van der Waals surface area contributed by atoms with Crippen molar-refractivity contribution in [3.05, 3.63) is 24.5 Å². The van der Waals surface area contributed by atoms with Crippen LogP contribution in [0, 0.1) is 0 Å². The van der Waals surface area contributed by atoms with E-state index in [9.17, 15) is 0 Å². The van der Waals surface area contributed by atoms with Gasteiger partial charge in [-0.05, 0) is 26.8 Å². The van der Waals surface area contributed by atoms with E-state index in [4.69, 9.17) is 0 Å². The van der Waals surface area contributed by atoms with Gasteiger partial charge >= 0.3 is 0 Å². The minimum Gasteiger partial charge on any atom is -0.310 e. The lowest BCUT2D eigenvalue weighted by atomic mass is 10.4. The highest BCUT2D eigenvalue weighted by molar-refractivity contribution is 4.85. The number of nitrogens with one attached hydrogen (secondary N) is 1. The monoisotopic (exact) mass is 249 g/mol. The first kappa shape index (κ1) is 12.7. The van der Waals surface area contributed by atoms with Gasteiger partial charge in [-0.3, -0.25) is 4.68 Å². The zero-order chi connectivity index (χ0) is 12.8. The molecule has 0 radical (unpaired) electrons. The third-order valence-corrected chi connectivity index (χ3v) is 2.63. The average molecular weight is 249 g/mol. The summed E-state index contributed by atoms with van der Waals surface area (Å²) in [7, 11) is 0. The van der Waals surface area contributed by atoms with Crippen molar-refractivity contribution in [3.8, 4) is 0 Å². The molecule has 18 heavy (non-hydrogen) atoms. The average Bonchev–Trinajstić information content (AvgIpc) is 2.98. The minimum absolute atomic E-state index is 0.347. The second kappa shape index (κ2) is 6.25. The molecule has 0 aliphatic rings. The molecular weight excluding hydrogens is 230 g/mol. The summed E-state index contributed by atoms with van der Waals surface area (Å²) >= 11 is 0. The largest absolute Gasteiger partial charge is 0.310 e. The third kappa shape index (κ3) is 3.36. The Morgan fingerprint density at radius 1 is 1.39 bits per heavy atom. The van der Waals surface area contributed by atoms with Crippen LogP contribution in [0.5, 0.6) is 0 Å². The molecule has 2 rings (SSSR count). The minimum atomic E-state index is 0.347. The molecule has 2 heterocycles. The van der Waals surface area contributed by atoms with Crippen LogP contribution in [-0.2, 0) is 13.1 Å². The van der Waals surface area contributed by atoms with Gasteiger partial charge < -0.3 is 5.32 Å². The second-order valence-corrected chi connectivity index (χ2v) is 4.41. The molecule has 0 saturated carbocycles. The number of aromatic nitrogens is 6. The fourth-order valence-corrected chi connectivity index (χ4v) is 1.75. The van der Waals surface area contributed by atoms with E-state index < -0.39 is 0 Å². The van der Waals surface area contributed by atoms with Gasteiger partial charge in [-0.2, -0.15) is 5.10 Å². The van der Waals surface area contributed by atoms with Crippen LogP contribution in [0.3, 0.4) is 0 Å². The molecule has 2 aromatic rings. The van der Waals surface area contributed by atoms with Crippen LogP contribution in [0.4, 0.5) is 0 Å². The normalized spacial score (nSPS) is 11.3. The molecule has 0 aliphatic carbocycles. The quantitative estimate of drug-likeness (QED) is 0.729. The maximum atomic E-state index is 4.25. The fraction of sp³-hybridized carbons (Fsp3) is 0.636. The molecule has 0 aliphatic heterocycles. The maximum absolute atomic E-state index is 4.25. The van der Waals surface area contributed by atoms with Gasteiger partial charge in [-0.25, -0.2) is 9.67 Å². The molecule has 0 bridgehead atoms. The van der Waals surface area contributed by atoms with Crippen molar-refractivity contribution in [2.24, 2.45) is 0 Å². The molecule has 1 N–H and O–H groups in total. The Balaban J connectivity index is 1.67. The summed E-state index contributed by atoms with van der Waals surface area (Å²) in [5, 5.41) is 15.2. The highest BCUT2D eigenvalue weighted by atomic mass is 15.4. The van der Waals surface area contributed by atoms with E-state index in [0.29, 0.717) is 6.04 Å². The zero-order valence-corrected chi connectivity index (χ0v) is 10.8. The Labute approximate surface area is 106 Å². The summed E-state index contributed by atoms with van der Waals surface area (Å²) in [6, 6.07) is 0.347. The van der Waals surface area contributed by atoms with E-state index >= 15 is 0 Å². The summed E-state index contributed by atoms with van der Waals surface area (Å²) in [5.74, 6) is 0.978. The van der Waals surface area contributed by atoms with Crippen molar-refractivity contribution in [2.75, 3.05) is 6.54 Å². The van der Waals surface area contributed by atoms with Gasteiger partial charge in [0, 0.05) is 18.8 Å². The molecule has 0 saturated heterocycles. The second-order valence-electron chi connectivity index (χ2n) is 4.41. The Morgan fingerprint density at radius 3 is 3.00 bits per heavy atom. The molecular formula is C11H19N7. The fourth-order valence-electron chi connectivity index (χ4n) is 1.75. The molecule has 7 heteroatoms. The van der Waals surface area contributed by atoms with Gasteiger partial charge in [0.25, 0.3) is 0 Å². The van der Waals surface area contributed by atoms with Crippen LogP contribution in [0.1, 0.15) is 32.1 Å². The smallest absolute Gasteiger partial charge is 0.141 e. The molecule has 0 fully saturated rings. The molecule has 98 valence electrons. The van der Waals surface area contributed by atoms with E-state index in [1.165, 1.54) is 0 Å². The number of rotatable bonds is 7. The Kier molecular flexibility index (Phi) is 4.40. The highest BCUT2D eigenvalue weighted by Crippen LogP contribution is 2.04. The Hall–Kier alpha value is -1.76. The highest BCUT2D eigenvalue weighted by Gasteiger charge is 2.06. The lowest BCUT2D eigenvalue weighted by Crippen LogP contribution is -2.20. The van der Waals surface area contributed by atoms with Gasteiger partial charge in [0.15, 0.2) is 0 Å². The first-order chi connectivity index (χ1) is 8.77. The first-order valence-electron chi connectivity index (χ1n) is 6.20. The maximum Gasteiger partial charge on any atom is 0.141 e. The topological polar surface area (TPSA) is 73.5 Å². The van der Waals surface area contributed by atoms with E-state index in [-0.39, 0.29) is 0 Å². The standard InChI is InChI=1S/C11H19N7/c1-10(2)18-11(13-9-15-18)8-12-4-3-6-17-7-5-14-16-17/h5,7,9-10,12H,3-4,6,8H2,1-2H3. The Morgan fingerprint density at radius 2 is 2.28 bits per heavy atom. The molecule has 7 nitrogen and oxygen atoms in total. The van der Waals surface area contributed by atoms with E-state index in [0.717, 1.165) is 31.9 Å². The van der Waals surface area contributed by atoms with Gasteiger partial charge in [-0.15, -0.1) is 5.10 Å². The summed E-state index contributed by atoms with van der Waals surface area (Å²) in [4.78, 5) is 4.25. The van der Waals surface area contributed by atoms with E-state index in [1.807, 2.05) is 15.6 Å². The summed E-state index contributed by atoms with van der Waals surface area (Å²) in [6.07, 6.45) is 6.18. The van der Waals surface area contributed by atoms with E-state index in [1.54, 1.807) is 12.5 Å². The van der Waals surface area contributed by atoms with Crippen molar-refractivity contribution in [1.29, 1.82) is 0 Å². The van der Waals surface area contributed by atoms with Crippen LogP contribution >= 0.6 is 0 Å². The molecule has 0 unspecified atom stereocenters. The number of hydrogen-bond donors (Lipinski definition) is 1. The van der Waals surface area contributed by atoms with Crippen LogP contribution < -0.4 is 5.32 Å². The number of nitrogens with zero attached hydrogens (tertiary/aromatic N) is 6. The van der Waals surface area contributed by atoms with Gasteiger partial charge in [-0.1, -0.05) is 5.21 Å². The number of hydrogen-bond acceptors (Lipinski definition) is 5. The zero-order valence-electron chi connectivity index (χ0n) is 10.8. The molecule has 0 atom stereocenters. The molecule has 0 amide bonds. The van der Waals surface area contributed by atoms with Crippen molar-refractivity contribution in [3.63, 3.8) is 0 Å². The predicted octanol–water partition coefficient (Wildman–Crippen LogP) is 0.630. The van der Waals surface area contributed by atoms with E-state index in [2.05, 4.69) is 39.6 Å². The summed E-state index contributed by atoms with van der Waals surface area (Å²) < 4.78 is 3.77. The molecule has 0 spiro atoms. The number of aryl methyl sites for hydroxylation is 1. The third-order valence-electron chi connectivity index (χ3n) is 2.63. The van der Waals surface area contributed by atoms with Crippen LogP contribution in [-0.4, -0.2) is 36.3 Å². The van der Waals surface area contributed by atoms with Gasteiger partial charge in [0.1, 0.15) is 12.2 Å². The van der Waals surface area contributed by atoms with Crippen molar-refractivity contribution in [1.82, 2.24) is 35.1 Å². The van der Waals surface area contributed by atoms with Crippen molar-refractivity contribution >= 4 is 0 Å². The lowest BCUT2D eigenvalue weighted by molar-refractivity contribution is 0.479. The lowest BCUT2D eigenvalue weighted by Gasteiger charge is -2.09. The SMILES string of the molecule is CC(C)n1ncnc1CNCCCn1ccnn1. The molecule has 0 aromatic carbocycles. The van der Waals surface area contributed by atoms with Crippen LogP contribution in [0.2, 0.25) is 0 Å². The van der Waals surface area contributed by atoms with Crippen molar-refractivity contribution in [2.45, 2.75) is 39.4 Å². The van der Waals surface area contributed by atoms with Gasteiger partial charge in [0.2, 0.25) is 0 Å². The summed E-state index contributed by atoms with van der Waals surface area (Å²) in [6.45, 7) is 6.75. The Bertz CT molecular complexity index is 446. The molecule has 2 aromatic heterocycles.